The molecule has 1 aromatic heterocycles. The summed E-state index contributed by atoms with van der Waals surface area (Å²) in [4.78, 5) is 2.13. The standard InChI is InChI=1S/C32H23FN2/c33-27-14-20-31(21-15-27)35(29-7-2-1-3-8-29)30-18-12-25(13-19-30)24-10-16-28(17-11-24)34-23-22-26-6-4-5-9-32(26)34/h1-23H. The largest absolute Gasteiger partial charge is 0.317 e. The molecule has 2 nitrogen and oxygen atoms in total. The molecule has 0 saturated carbocycles. The highest BCUT2D eigenvalue weighted by molar-refractivity contribution is 5.82. The minimum atomic E-state index is -0.242. The van der Waals surface area contributed by atoms with Gasteiger partial charge in [-0.05, 0) is 89.3 Å². The first kappa shape index (κ1) is 20.9. The highest BCUT2D eigenvalue weighted by Crippen LogP contribution is 2.35. The third kappa shape index (κ3) is 4.09. The van der Waals surface area contributed by atoms with Gasteiger partial charge in [-0.3, -0.25) is 0 Å². The summed E-state index contributed by atoms with van der Waals surface area (Å²) in [7, 11) is 0. The Hall–Kier alpha value is -4.63. The molecule has 35 heavy (non-hydrogen) atoms. The smallest absolute Gasteiger partial charge is 0.123 e. The lowest BCUT2D eigenvalue weighted by Crippen LogP contribution is -2.09. The Morgan fingerprint density at radius 3 is 1.71 bits per heavy atom. The number of nitrogens with zero attached hydrogens (tertiary/aromatic N) is 2. The van der Waals surface area contributed by atoms with Crippen molar-refractivity contribution >= 4 is 28.0 Å². The number of halogens is 1. The SMILES string of the molecule is Fc1ccc(N(c2ccccc2)c2ccc(-c3ccc(-n4ccc5ccccc54)cc3)cc2)cc1. The number of hydrogen-bond acceptors (Lipinski definition) is 1. The average molecular weight is 455 g/mol. The third-order valence-electron chi connectivity index (χ3n) is 6.30. The number of aromatic nitrogens is 1. The number of anilines is 3. The number of benzene rings is 5. The van der Waals surface area contributed by atoms with Crippen LogP contribution >= 0.6 is 0 Å². The summed E-state index contributed by atoms with van der Waals surface area (Å²) in [6, 6.07) is 44.4. The summed E-state index contributed by atoms with van der Waals surface area (Å²) < 4.78 is 15.8. The molecule has 0 fully saturated rings. The van der Waals surface area contributed by atoms with Crippen molar-refractivity contribution in [1.29, 1.82) is 0 Å². The summed E-state index contributed by atoms with van der Waals surface area (Å²) in [6.45, 7) is 0. The molecule has 0 N–H and O–H groups in total. The van der Waals surface area contributed by atoms with Crippen LogP contribution in [-0.2, 0) is 0 Å². The minimum absolute atomic E-state index is 0.242. The van der Waals surface area contributed by atoms with E-state index in [-0.39, 0.29) is 5.82 Å². The van der Waals surface area contributed by atoms with Gasteiger partial charge in [0.2, 0.25) is 0 Å². The Labute approximate surface area is 204 Å². The van der Waals surface area contributed by atoms with Crippen molar-refractivity contribution in [1.82, 2.24) is 4.57 Å². The summed E-state index contributed by atoms with van der Waals surface area (Å²) in [5, 5.41) is 1.23. The first-order valence-electron chi connectivity index (χ1n) is 11.6. The van der Waals surface area contributed by atoms with Crippen LogP contribution in [-0.4, -0.2) is 4.57 Å². The Morgan fingerprint density at radius 2 is 1.03 bits per heavy atom. The fourth-order valence-corrected chi connectivity index (χ4v) is 4.54. The average Bonchev–Trinajstić information content (AvgIpc) is 3.35. The first-order valence-corrected chi connectivity index (χ1v) is 11.6. The topological polar surface area (TPSA) is 8.17 Å². The fourth-order valence-electron chi connectivity index (χ4n) is 4.54. The number of hydrogen-bond donors (Lipinski definition) is 0. The maximum absolute atomic E-state index is 13.6. The van der Waals surface area contributed by atoms with Crippen molar-refractivity contribution in [3.05, 3.63) is 145 Å². The number of fused-ring (bicyclic) bond motifs is 1. The molecule has 0 aliphatic heterocycles. The van der Waals surface area contributed by atoms with E-state index in [2.05, 4.69) is 107 Å². The molecule has 0 spiro atoms. The predicted molar refractivity (Wildman–Crippen MR) is 143 cm³/mol. The molecular weight excluding hydrogens is 431 g/mol. The zero-order valence-electron chi connectivity index (χ0n) is 19.1. The molecule has 5 aromatic carbocycles. The summed E-state index contributed by atoms with van der Waals surface area (Å²) in [5.41, 5.74) is 7.59. The molecule has 0 aliphatic rings. The van der Waals surface area contributed by atoms with Crippen LogP contribution in [0.1, 0.15) is 0 Å². The lowest BCUT2D eigenvalue weighted by Gasteiger charge is -2.25. The van der Waals surface area contributed by atoms with Gasteiger partial charge in [-0.15, -0.1) is 0 Å². The van der Waals surface area contributed by atoms with Gasteiger partial charge in [-0.1, -0.05) is 60.7 Å². The molecule has 6 aromatic rings. The van der Waals surface area contributed by atoms with Gasteiger partial charge in [-0.2, -0.15) is 0 Å². The summed E-state index contributed by atoms with van der Waals surface area (Å²) in [6.07, 6.45) is 2.11. The van der Waals surface area contributed by atoms with Gasteiger partial charge in [0.25, 0.3) is 0 Å². The molecule has 0 unspecified atom stereocenters. The monoisotopic (exact) mass is 454 g/mol. The second kappa shape index (κ2) is 8.96. The van der Waals surface area contributed by atoms with Crippen molar-refractivity contribution in [2.24, 2.45) is 0 Å². The van der Waals surface area contributed by atoms with E-state index in [0.29, 0.717) is 0 Å². The van der Waals surface area contributed by atoms with E-state index in [1.165, 1.54) is 23.0 Å². The van der Waals surface area contributed by atoms with Crippen LogP contribution in [0.2, 0.25) is 0 Å². The lowest BCUT2D eigenvalue weighted by atomic mass is 10.0. The Morgan fingerprint density at radius 1 is 0.486 bits per heavy atom. The minimum Gasteiger partial charge on any atom is -0.317 e. The lowest BCUT2D eigenvalue weighted by molar-refractivity contribution is 0.628. The van der Waals surface area contributed by atoms with E-state index < -0.39 is 0 Å². The van der Waals surface area contributed by atoms with E-state index in [9.17, 15) is 4.39 Å². The van der Waals surface area contributed by atoms with Crippen LogP contribution in [0.5, 0.6) is 0 Å². The quantitative estimate of drug-likeness (QED) is 0.252. The number of rotatable bonds is 5. The van der Waals surface area contributed by atoms with Gasteiger partial charge < -0.3 is 9.47 Å². The molecule has 3 heteroatoms. The zero-order chi connectivity index (χ0) is 23.6. The van der Waals surface area contributed by atoms with Crippen molar-refractivity contribution in [3.8, 4) is 16.8 Å². The predicted octanol–water partition coefficient (Wildman–Crippen LogP) is 8.91. The third-order valence-corrected chi connectivity index (χ3v) is 6.30. The molecule has 168 valence electrons. The van der Waals surface area contributed by atoms with Crippen molar-refractivity contribution < 1.29 is 4.39 Å². The molecule has 0 saturated heterocycles. The summed E-state index contributed by atoms with van der Waals surface area (Å²) in [5.74, 6) is -0.242. The van der Waals surface area contributed by atoms with Crippen LogP contribution in [0, 0.1) is 5.82 Å². The fraction of sp³-hybridized carbons (Fsp3) is 0. The van der Waals surface area contributed by atoms with Crippen molar-refractivity contribution in [2.75, 3.05) is 4.90 Å². The maximum Gasteiger partial charge on any atom is 0.123 e. The maximum atomic E-state index is 13.6. The Kier molecular flexibility index (Phi) is 5.36. The van der Waals surface area contributed by atoms with E-state index in [0.717, 1.165) is 33.9 Å². The van der Waals surface area contributed by atoms with Gasteiger partial charge in [0.1, 0.15) is 5.82 Å². The Bertz CT molecular complexity index is 1570. The van der Waals surface area contributed by atoms with Crippen molar-refractivity contribution in [3.63, 3.8) is 0 Å². The molecule has 0 radical (unpaired) electrons. The normalized spacial score (nSPS) is 11.0. The van der Waals surface area contributed by atoms with Gasteiger partial charge in [0.15, 0.2) is 0 Å². The van der Waals surface area contributed by atoms with Gasteiger partial charge in [-0.25, -0.2) is 4.39 Å². The van der Waals surface area contributed by atoms with E-state index in [4.69, 9.17) is 0 Å². The van der Waals surface area contributed by atoms with Crippen molar-refractivity contribution in [2.45, 2.75) is 0 Å². The molecule has 1 heterocycles. The molecule has 0 aliphatic carbocycles. The van der Waals surface area contributed by atoms with Gasteiger partial charge >= 0.3 is 0 Å². The van der Waals surface area contributed by atoms with Crippen LogP contribution in [0.15, 0.2) is 140 Å². The van der Waals surface area contributed by atoms with Crippen LogP contribution in [0.4, 0.5) is 21.5 Å². The molecule has 0 atom stereocenters. The van der Waals surface area contributed by atoms with Crippen LogP contribution < -0.4 is 4.90 Å². The van der Waals surface area contributed by atoms with E-state index in [1.807, 2.05) is 18.2 Å². The Balaban J connectivity index is 1.31. The highest BCUT2D eigenvalue weighted by Gasteiger charge is 2.12. The molecule has 6 rings (SSSR count). The second-order valence-electron chi connectivity index (χ2n) is 8.49. The van der Waals surface area contributed by atoms with E-state index >= 15 is 0 Å². The molecule has 0 amide bonds. The molecular formula is C32H23FN2. The van der Waals surface area contributed by atoms with Crippen LogP contribution in [0.25, 0.3) is 27.7 Å². The van der Waals surface area contributed by atoms with Gasteiger partial charge in [0.05, 0.1) is 5.52 Å². The zero-order valence-corrected chi connectivity index (χ0v) is 19.1. The summed E-state index contributed by atoms with van der Waals surface area (Å²) >= 11 is 0. The number of para-hydroxylation sites is 2. The molecule has 0 bridgehead atoms. The van der Waals surface area contributed by atoms with E-state index in [1.54, 1.807) is 12.1 Å². The first-order chi connectivity index (χ1) is 17.3. The highest BCUT2D eigenvalue weighted by atomic mass is 19.1. The van der Waals surface area contributed by atoms with Crippen LogP contribution in [0.3, 0.4) is 0 Å². The van der Waals surface area contributed by atoms with Gasteiger partial charge in [0, 0.05) is 28.9 Å². The second-order valence-corrected chi connectivity index (χ2v) is 8.49.